The van der Waals surface area contributed by atoms with E-state index in [2.05, 4.69) is 98.7 Å². The fourth-order valence-electron chi connectivity index (χ4n) is 7.65. The Bertz CT molecular complexity index is 1400. The largest absolute Gasteiger partial charge is 0.348 e. The van der Waals surface area contributed by atoms with Crippen molar-refractivity contribution in [3.05, 3.63) is 87.5 Å². The lowest BCUT2D eigenvalue weighted by atomic mass is 9.83. The number of aryl methyl sites for hydroxylation is 2. The van der Waals surface area contributed by atoms with Crippen molar-refractivity contribution in [2.24, 2.45) is 0 Å². The van der Waals surface area contributed by atoms with Gasteiger partial charge in [0.1, 0.15) is 0 Å². The van der Waals surface area contributed by atoms with Crippen molar-refractivity contribution in [1.29, 1.82) is 0 Å². The van der Waals surface area contributed by atoms with E-state index in [1.807, 2.05) is 0 Å². The SMILES string of the molecule is CCCCCCCCCCCCCCCCCCCCC#CCCc1ccccc1C(=C(CCCC)C(=C=[N+]=[N-])CCCC)c1ccc(CCCC)cc1. The van der Waals surface area contributed by atoms with E-state index in [0.29, 0.717) is 0 Å². The summed E-state index contributed by atoms with van der Waals surface area (Å²) in [5, 5.41) is 0. The normalized spacial score (nSPS) is 11.4. The second-order valence-electron chi connectivity index (χ2n) is 15.8. The van der Waals surface area contributed by atoms with Gasteiger partial charge in [-0.2, -0.15) is 0 Å². The lowest BCUT2D eigenvalue weighted by Gasteiger charge is -2.20. The lowest BCUT2D eigenvalue weighted by molar-refractivity contribution is 0.00739. The minimum Gasteiger partial charge on any atom is -0.348 e. The van der Waals surface area contributed by atoms with E-state index in [4.69, 9.17) is 0 Å². The van der Waals surface area contributed by atoms with Gasteiger partial charge in [0.15, 0.2) is 0 Å². The summed E-state index contributed by atoms with van der Waals surface area (Å²) in [5.41, 5.74) is 18.5. The molecule has 0 aromatic heterocycles. The molecule has 0 atom stereocenters. The van der Waals surface area contributed by atoms with Gasteiger partial charge in [-0.3, -0.25) is 0 Å². The van der Waals surface area contributed by atoms with Gasteiger partial charge >= 0.3 is 5.87 Å². The molecule has 0 heterocycles. The van der Waals surface area contributed by atoms with Gasteiger partial charge in [0.25, 0.3) is 0 Å². The van der Waals surface area contributed by atoms with Gasteiger partial charge in [-0.15, -0.1) is 16.6 Å². The van der Waals surface area contributed by atoms with Gasteiger partial charge < -0.3 is 5.53 Å². The summed E-state index contributed by atoms with van der Waals surface area (Å²) in [6, 6.07) is 18.2. The molecule has 0 bridgehead atoms. The molecule has 2 aromatic carbocycles. The molecule has 298 valence electrons. The van der Waals surface area contributed by atoms with E-state index in [-0.39, 0.29) is 0 Å². The minimum atomic E-state index is 0.866. The molecule has 54 heavy (non-hydrogen) atoms. The molecule has 2 aromatic rings. The first-order chi connectivity index (χ1) is 26.7. The van der Waals surface area contributed by atoms with Crippen LogP contribution in [0, 0.1) is 11.8 Å². The first-order valence-corrected chi connectivity index (χ1v) is 23.0. The molecule has 0 amide bonds. The van der Waals surface area contributed by atoms with Crippen molar-refractivity contribution in [2.75, 3.05) is 0 Å². The number of hydrogen-bond acceptors (Lipinski definition) is 0. The summed E-state index contributed by atoms with van der Waals surface area (Å²) in [6.45, 7) is 9.03. The van der Waals surface area contributed by atoms with Crippen molar-refractivity contribution in [2.45, 2.75) is 220 Å². The lowest BCUT2D eigenvalue weighted by Crippen LogP contribution is -2.03. The maximum atomic E-state index is 9.70. The monoisotopic (exact) mass is 733 g/mol. The van der Waals surface area contributed by atoms with Gasteiger partial charge in [0.05, 0.1) is 5.57 Å². The molecule has 0 N–H and O–H groups in total. The summed E-state index contributed by atoms with van der Waals surface area (Å²) in [5.74, 6) is 10.1. The molecule has 0 unspecified atom stereocenters. The Morgan fingerprint density at radius 2 is 1.00 bits per heavy atom. The van der Waals surface area contributed by atoms with E-state index >= 15 is 0 Å². The Labute approximate surface area is 334 Å². The number of hydrogen-bond donors (Lipinski definition) is 0. The zero-order chi connectivity index (χ0) is 38.7. The average Bonchev–Trinajstić information content (AvgIpc) is 3.20. The maximum absolute atomic E-state index is 9.70. The highest BCUT2D eigenvalue weighted by molar-refractivity contribution is 5.88. The molecule has 2 heteroatoms. The van der Waals surface area contributed by atoms with Crippen LogP contribution < -0.4 is 0 Å². The molecular weight excluding hydrogens is 653 g/mol. The Morgan fingerprint density at radius 1 is 0.500 bits per heavy atom. The van der Waals surface area contributed by atoms with Crippen LogP contribution in [-0.4, -0.2) is 10.7 Å². The molecular formula is C52H80N2. The number of rotatable bonds is 32. The van der Waals surface area contributed by atoms with E-state index in [9.17, 15) is 5.53 Å². The van der Waals surface area contributed by atoms with Crippen molar-refractivity contribution in [3.8, 4) is 11.8 Å². The quantitative estimate of drug-likeness (QED) is 0.0179. The van der Waals surface area contributed by atoms with Gasteiger partial charge in [0, 0.05) is 12.8 Å². The smallest absolute Gasteiger partial charge is 0.303 e. The zero-order valence-corrected chi connectivity index (χ0v) is 35.7. The van der Waals surface area contributed by atoms with Gasteiger partial charge in [-0.25, -0.2) is 0 Å². The number of unbranched alkanes of at least 4 members (excludes halogenated alkanes) is 21. The van der Waals surface area contributed by atoms with Crippen LogP contribution in [0.15, 0.2) is 59.7 Å². The summed E-state index contributed by atoms with van der Waals surface area (Å²) in [7, 11) is 0. The molecule has 2 nitrogen and oxygen atoms in total. The second-order valence-corrected chi connectivity index (χ2v) is 15.8. The second kappa shape index (κ2) is 33.3. The van der Waals surface area contributed by atoms with E-state index in [1.165, 1.54) is 162 Å². The first kappa shape index (κ1) is 47.1. The van der Waals surface area contributed by atoms with Crippen molar-refractivity contribution >= 4 is 11.4 Å². The summed E-state index contributed by atoms with van der Waals surface area (Å²) >= 11 is 0. The Morgan fingerprint density at radius 3 is 1.56 bits per heavy atom. The van der Waals surface area contributed by atoms with Crippen molar-refractivity contribution in [1.82, 2.24) is 0 Å². The zero-order valence-electron chi connectivity index (χ0n) is 35.7. The highest BCUT2D eigenvalue weighted by atomic mass is 14.8. The molecule has 0 saturated carbocycles. The Balaban J connectivity index is 1.91. The first-order valence-electron chi connectivity index (χ1n) is 23.0. The van der Waals surface area contributed by atoms with Crippen molar-refractivity contribution in [3.63, 3.8) is 0 Å². The Hall–Kier alpha value is -3.10. The van der Waals surface area contributed by atoms with Crippen LogP contribution in [0.25, 0.3) is 11.1 Å². The molecule has 0 fully saturated rings. The van der Waals surface area contributed by atoms with Crippen LogP contribution in [0.3, 0.4) is 0 Å². The minimum absolute atomic E-state index is 0.866. The highest BCUT2D eigenvalue weighted by Gasteiger charge is 2.20. The van der Waals surface area contributed by atoms with Crippen LogP contribution in [-0.2, 0) is 12.8 Å². The van der Waals surface area contributed by atoms with Gasteiger partial charge in [0.2, 0.25) is 0 Å². The van der Waals surface area contributed by atoms with Crippen molar-refractivity contribution < 1.29 is 4.79 Å². The third-order valence-corrected chi connectivity index (χ3v) is 11.1. The van der Waals surface area contributed by atoms with Gasteiger partial charge in [-0.1, -0.05) is 205 Å². The molecule has 0 aliphatic heterocycles. The number of nitrogens with zero attached hydrogens (tertiary/aromatic N) is 2. The number of allylic oxidation sites excluding steroid dienone is 2. The molecule has 0 aliphatic rings. The maximum Gasteiger partial charge on any atom is 0.303 e. The van der Waals surface area contributed by atoms with Crippen LogP contribution in [0.1, 0.15) is 230 Å². The number of benzene rings is 2. The standard InChI is InChI=1S/C52H80N2/c1-5-9-13-14-15-16-17-18-19-20-21-22-23-24-25-26-27-28-29-30-31-32-37-47-38-33-34-40-50(47)52(48-43-41-46(42-44-48)35-10-6-2)51(39-12-8-4)49(45-54-53)36-11-7-3/h33-34,38,40-44H,5-29,32,35-37,39H2,1-4H3. The third-order valence-electron chi connectivity index (χ3n) is 11.1. The predicted molar refractivity (Wildman–Crippen MR) is 238 cm³/mol. The topological polar surface area (TPSA) is 36.4 Å². The van der Waals surface area contributed by atoms with Crippen LogP contribution in [0.5, 0.6) is 0 Å². The van der Waals surface area contributed by atoms with Gasteiger partial charge in [-0.05, 0) is 84.8 Å². The summed E-state index contributed by atoms with van der Waals surface area (Å²) < 4.78 is 0. The summed E-state index contributed by atoms with van der Waals surface area (Å²) in [6.07, 6.45) is 37.9. The highest BCUT2D eigenvalue weighted by Crippen LogP contribution is 2.36. The van der Waals surface area contributed by atoms with Crippen LogP contribution in [0.2, 0.25) is 0 Å². The molecule has 0 radical (unpaired) electrons. The molecule has 0 saturated heterocycles. The van der Waals surface area contributed by atoms with Crippen LogP contribution >= 0.6 is 0 Å². The molecule has 2 rings (SSSR count). The fourth-order valence-corrected chi connectivity index (χ4v) is 7.65. The molecule has 0 aliphatic carbocycles. The Kier molecular flexibility index (Phi) is 29.0. The van der Waals surface area contributed by atoms with E-state index in [1.54, 1.807) is 0 Å². The average molecular weight is 733 g/mol. The predicted octanol–water partition coefficient (Wildman–Crippen LogP) is 16.4. The molecule has 0 spiro atoms. The van der Waals surface area contributed by atoms with Crippen LogP contribution in [0.4, 0.5) is 0 Å². The third kappa shape index (κ3) is 21.1. The van der Waals surface area contributed by atoms with E-state index < -0.39 is 0 Å². The fraction of sp³-hybridized carbons (Fsp3) is 0.654. The summed E-state index contributed by atoms with van der Waals surface area (Å²) in [4.78, 5) is 3.45. The van der Waals surface area contributed by atoms with E-state index in [0.717, 1.165) is 69.8 Å².